The van der Waals surface area contributed by atoms with Crippen LogP contribution in [0.1, 0.15) is 121 Å². The summed E-state index contributed by atoms with van der Waals surface area (Å²) in [4.78, 5) is 54.2. The van der Waals surface area contributed by atoms with Gasteiger partial charge in [0.1, 0.15) is 18.5 Å². The molecule has 1 N–H and O–H groups in total. The van der Waals surface area contributed by atoms with Gasteiger partial charge in [-0.25, -0.2) is 4.39 Å². The van der Waals surface area contributed by atoms with Crippen LogP contribution in [0.3, 0.4) is 0 Å². The number of esters is 4. The highest BCUT2D eigenvalue weighted by atomic mass is 19.1. The molecule has 12 nitrogen and oxygen atoms in total. The van der Waals surface area contributed by atoms with Crippen molar-refractivity contribution in [2.45, 2.75) is 159 Å². The predicted octanol–water partition coefficient (Wildman–Crippen LogP) is 6.82. The van der Waals surface area contributed by atoms with Crippen molar-refractivity contribution < 1.29 is 56.7 Å². The summed E-state index contributed by atoms with van der Waals surface area (Å²) in [7, 11) is 0. The Bertz CT molecular complexity index is 1440. The number of benzene rings is 1. The fourth-order valence-corrected chi connectivity index (χ4v) is 5.69. The zero-order chi connectivity index (χ0) is 41.0. The lowest BCUT2D eigenvalue weighted by Crippen LogP contribution is -2.67. The third kappa shape index (κ3) is 12.4. The largest absolute Gasteiger partial charge is 0.462 e. The second kappa shape index (κ2) is 17.8. The summed E-state index contributed by atoms with van der Waals surface area (Å²) in [5, 5.41) is 3.51. The van der Waals surface area contributed by atoms with Crippen molar-refractivity contribution in [3.05, 3.63) is 35.6 Å². The van der Waals surface area contributed by atoms with Gasteiger partial charge in [-0.05, 0) is 127 Å². The molecule has 0 bridgehead atoms. The topological polar surface area (TPSA) is 145 Å². The molecule has 2 aliphatic heterocycles. The van der Waals surface area contributed by atoms with Gasteiger partial charge < -0.3 is 33.2 Å². The zero-order valence-corrected chi connectivity index (χ0v) is 34.7. The molecule has 1 aromatic carbocycles. The standard InChI is InChI=1S/C41H64FNO11/c1-23(2)50-33-26(16-15-21-48-33)28(24-17-19-25(42)20-18-24)43-32-31(54-37(47)41(12,13)14)30(53-36(46)40(9,10)11)29(52-35(45)39(6,7)8)27(51-32)22-49-34(44)38(3,4)5/h17-20,23,26-33,43H,15-16,21-22H2,1-14H3/t26-,27-,28-,29+,30+,31-,32-,33-/m1/s1. The number of carbonyl (C=O) groups is 4. The average Bonchev–Trinajstić information content (AvgIpc) is 3.03. The van der Waals surface area contributed by atoms with E-state index in [0.717, 1.165) is 0 Å². The number of carbonyl (C=O) groups excluding carboxylic acids is 4. The van der Waals surface area contributed by atoms with Crippen molar-refractivity contribution in [3.8, 4) is 0 Å². The van der Waals surface area contributed by atoms with Gasteiger partial charge in [-0.15, -0.1) is 0 Å². The number of halogens is 1. The van der Waals surface area contributed by atoms with Crippen LogP contribution in [0.15, 0.2) is 24.3 Å². The van der Waals surface area contributed by atoms with Crippen LogP contribution < -0.4 is 5.32 Å². The fraction of sp³-hybridized carbons (Fsp3) is 0.756. The normalized spacial score (nSPS) is 26.1. The van der Waals surface area contributed by atoms with E-state index in [9.17, 15) is 23.6 Å². The van der Waals surface area contributed by atoms with Crippen molar-refractivity contribution in [2.24, 2.45) is 27.6 Å². The molecule has 0 radical (unpaired) electrons. The highest BCUT2D eigenvalue weighted by molar-refractivity contribution is 5.78. The van der Waals surface area contributed by atoms with Crippen LogP contribution in [0, 0.1) is 33.4 Å². The van der Waals surface area contributed by atoms with Crippen LogP contribution in [0.25, 0.3) is 0 Å². The molecule has 0 aromatic heterocycles. The van der Waals surface area contributed by atoms with E-state index in [4.69, 9.17) is 33.2 Å². The van der Waals surface area contributed by atoms with E-state index in [1.165, 1.54) is 12.1 Å². The first kappa shape index (κ1) is 45.3. The lowest BCUT2D eigenvalue weighted by Gasteiger charge is -2.48. The fourth-order valence-electron chi connectivity index (χ4n) is 5.69. The Labute approximate surface area is 320 Å². The molecule has 8 atom stereocenters. The molecule has 0 saturated carbocycles. The van der Waals surface area contributed by atoms with Crippen LogP contribution >= 0.6 is 0 Å². The van der Waals surface area contributed by atoms with E-state index in [2.05, 4.69) is 5.32 Å². The number of hydrogen-bond donors (Lipinski definition) is 1. The maximum atomic E-state index is 14.3. The van der Waals surface area contributed by atoms with Gasteiger partial charge in [-0.1, -0.05) is 12.1 Å². The van der Waals surface area contributed by atoms with Crippen LogP contribution in [0.4, 0.5) is 4.39 Å². The average molecular weight is 766 g/mol. The summed E-state index contributed by atoms with van der Waals surface area (Å²) in [6.45, 7) is 24.0. The molecule has 54 heavy (non-hydrogen) atoms. The Kier molecular flexibility index (Phi) is 14.9. The summed E-state index contributed by atoms with van der Waals surface area (Å²) < 4.78 is 57.7. The lowest BCUT2D eigenvalue weighted by atomic mass is 9.86. The number of hydrogen-bond acceptors (Lipinski definition) is 12. The zero-order valence-electron chi connectivity index (χ0n) is 34.7. The van der Waals surface area contributed by atoms with Gasteiger partial charge in [-0.3, -0.25) is 24.5 Å². The van der Waals surface area contributed by atoms with Crippen molar-refractivity contribution >= 4 is 23.9 Å². The van der Waals surface area contributed by atoms with Crippen molar-refractivity contribution in [1.82, 2.24) is 5.32 Å². The summed E-state index contributed by atoms with van der Waals surface area (Å²) in [5.41, 5.74) is -3.26. The summed E-state index contributed by atoms with van der Waals surface area (Å²) in [6, 6.07) is 5.31. The van der Waals surface area contributed by atoms with Gasteiger partial charge in [0.25, 0.3) is 0 Å². The number of rotatable bonds is 11. The maximum Gasteiger partial charge on any atom is 0.311 e. The molecule has 0 unspecified atom stereocenters. The first-order valence-corrected chi connectivity index (χ1v) is 18.9. The van der Waals surface area contributed by atoms with Gasteiger partial charge in [0.2, 0.25) is 0 Å². The monoisotopic (exact) mass is 765 g/mol. The summed E-state index contributed by atoms with van der Waals surface area (Å²) >= 11 is 0. The van der Waals surface area contributed by atoms with E-state index in [-0.39, 0.29) is 12.0 Å². The minimum Gasteiger partial charge on any atom is -0.462 e. The van der Waals surface area contributed by atoms with Gasteiger partial charge >= 0.3 is 23.9 Å². The molecule has 2 heterocycles. The number of nitrogens with one attached hydrogen (secondary N) is 1. The van der Waals surface area contributed by atoms with Crippen molar-refractivity contribution in [2.75, 3.05) is 13.2 Å². The number of ether oxygens (including phenoxy) is 7. The highest BCUT2D eigenvalue weighted by Gasteiger charge is 2.55. The van der Waals surface area contributed by atoms with E-state index in [1.54, 1.807) is 95.2 Å². The third-order valence-corrected chi connectivity index (χ3v) is 8.91. The van der Waals surface area contributed by atoms with Gasteiger partial charge in [0.15, 0.2) is 30.8 Å². The van der Waals surface area contributed by atoms with Gasteiger partial charge in [0, 0.05) is 18.6 Å². The van der Waals surface area contributed by atoms with E-state index in [1.807, 2.05) is 13.8 Å². The third-order valence-electron chi connectivity index (χ3n) is 8.91. The van der Waals surface area contributed by atoms with E-state index in [0.29, 0.717) is 25.0 Å². The molecule has 13 heteroatoms. The maximum absolute atomic E-state index is 14.3. The van der Waals surface area contributed by atoms with Crippen LogP contribution in [-0.2, 0) is 52.3 Å². The van der Waals surface area contributed by atoms with Crippen molar-refractivity contribution in [1.29, 1.82) is 0 Å². The molecular weight excluding hydrogens is 701 g/mol. The van der Waals surface area contributed by atoms with Crippen LogP contribution in [0.2, 0.25) is 0 Å². The molecule has 0 aliphatic carbocycles. The molecule has 2 fully saturated rings. The molecule has 3 rings (SSSR count). The Morgan fingerprint density at radius 2 is 1.22 bits per heavy atom. The molecule has 1 aromatic rings. The summed E-state index contributed by atoms with van der Waals surface area (Å²) in [6.07, 6.45) is -6.17. The predicted molar refractivity (Wildman–Crippen MR) is 198 cm³/mol. The Hall–Kier alpha value is -3.13. The SMILES string of the molecule is CC(C)O[C@H]1OCCC[C@@H]1[C@H](N[C@@H]1O[C@H](COC(=O)C(C)(C)C)[C@H](OC(=O)C(C)(C)C)[C@H](OC(=O)C(C)(C)C)[C@H]1OC(=O)C(C)(C)C)c1ccc(F)cc1. The molecule has 2 aliphatic rings. The molecular formula is C41H64FNO11. The molecule has 0 spiro atoms. The van der Waals surface area contributed by atoms with Crippen LogP contribution in [-0.4, -0.2) is 80.1 Å². The Morgan fingerprint density at radius 1 is 0.741 bits per heavy atom. The van der Waals surface area contributed by atoms with Crippen LogP contribution in [0.5, 0.6) is 0 Å². The Balaban J connectivity index is 2.28. The van der Waals surface area contributed by atoms with E-state index >= 15 is 0 Å². The molecule has 306 valence electrons. The lowest BCUT2D eigenvalue weighted by molar-refractivity contribution is -0.269. The smallest absolute Gasteiger partial charge is 0.311 e. The second-order valence-corrected chi connectivity index (χ2v) is 18.7. The van der Waals surface area contributed by atoms with Gasteiger partial charge in [0.05, 0.1) is 27.8 Å². The summed E-state index contributed by atoms with van der Waals surface area (Å²) in [5.74, 6) is -3.27. The highest BCUT2D eigenvalue weighted by Crippen LogP contribution is 2.39. The molecule has 2 saturated heterocycles. The van der Waals surface area contributed by atoms with Gasteiger partial charge in [-0.2, -0.15) is 0 Å². The minimum atomic E-state index is -1.43. The molecule has 0 amide bonds. The quantitative estimate of drug-likeness (QED) is 0.186. The first-order chi connectivity index (χ1) is 24.7. The Morgan fingerprint density at radius 3 is 1.70 bits per heavy atom. The van der Waals surface area contributed by atoms with Crippen molar-refractivity contribution in [3.63, 3.8) is 0 Å². The second-order valence-electron chi connectivity index (χ2n) is 18.7. The van der Waals surface area contributed by atoms with E-state index < -0.39 is 101 Å². The first-order valence-electron chi connectivity index (χ1n) is 18.9. The minimum absolute atomic E-state index is 0.183.